The van der Waals surface area contributed by atoms with E-state index in [-0.39, 0.29) is 25.0 Å². The lowest BCUT2D eigenvalue weighted by Crippen LogP contribution is -2.60. The fourth-order valence-electron chi connectivity index (χ4n) is 3.08. The maximum Gasteiger partial charge on any atom is 0.326 e. The number of phenols is 1. The second-order valence-electron chi connectivity index (χ2n) is 8.27. The molecule has 0 aliphatic heterocycles. The molecule has 15 nitrogen and oxygen atoms in total. The number of primary amides is 1. The van der Waals surface area contributed by atoms with Crippen LogP contribution in [0.3, 0.4) is 0 Å². The number of carbonyl (C=O) groups is 6. The minimum Gasteiger partial charge on any atom is -0.508 e. The number of rotatable bonds is 15. The van der Waals surface area contributed by atoms with E-state index < -0.39 is 72.3 Å². The van der Waals surface area contributed by atoms with Crippen LogP contribution in [-0.4, -0.2) is 86.3 Å². The first kappa shape index (κ1) is 30.8. The van der Waals surface area contributed by atoms with Crippen molar-refractivity contribution in [3.63, 3.8) is 0 Å². The zero-order chi connectivity index (χ0) is 28.3. The van der Waals surface area contributed by atoms with E-state index in [1.54, 1.807) is 0 Å². The molecule has 0 bridgehead atoms. The SMILES string of the molecule is CC(O)C(NC(=O)C(Cc1ccc(O)cc1)NC(=O)C(N)CCC(N)=O)C(=O)NC(CC(=O)O)C(=O)O. The molecule has 0 aliphatic rings. The Hall–Kier alpha value is -4.24. The van der Waals surface area contributed by atoms with E-state index in [4.69, 9.17) is 21.7 Å². The molecule has 0 aliphatic carbocycles. The number of carboxylic acid groups (broad SMARTS) is 2. The molecule has 0 saturated carbocycles. The summed E-state index contributed by atoms with van der Waals surface area (Å²) in [4.78, 5) is 71.3. The Morgan fingerprint density at radius 3 is 1.95 bits per heavy atom. The Labute approximate surface area is 211 Å². The van der Waals surface area contributed by atoms with Crippen LogP contribution in [-0.2, 0) is 35.2 Å². The average Bonchev–Trinajstić information content (AvgIpc) is 2.80. The number of amides is 4. The number of phenolic OH excluding ortho intramolecular Hbond substituents is 1. The molecule has 37 heavy (non-hydrogen) atoms. The predicted molar refractivity (Wildman–Crippen MR) is 126 cm³/mol. The molecule has 1 aromatic rings. The summed E-state index contributed by atoms with van der Waals surface area (Å²) in [5.74, 6) is -6.84. The van der Waals surface area contributed by atoms with Crippen LogP contribution in [0.2, 0.25) is 0 Å². The molecule has 4 amide bonds. The molecule has 0 saturated heterocycles. The Balaban J connectivity index is 3.10. The lowest BCUT2D eigenvalue weighted by Gasteiger charge is -2.26. The average molecular weight is 526 g/mol. The van der Waals surface area contributed by atoms with E-state index in [0.29, 0.717) is 5.56 Å². The summed E-state index contributed by atoms with van der Waals surface area (Å²) in [7, 11) is 0. The number of aliphatic hydroxyl groups is 1. The Kier molecular flexibility index (Phi) is 11.9. The first-order valence-electron chi connectivity index (χ1n) is 11.1. The van der Waals surface area contributed by atoms with E-state index >= 15 is 0 Å². The highest BCUT2D eigenvalue weighted by Crippen LogP contribution is 2.12. The molecule has 1 aromatic carbocycles. The standard InChI is InChI=1S/C22H31N5O10/c1-10(28)18(21(35)26-15(22(36)37)9-17(31)32)27-20(34)14(8-11-2-4-12(29)5-3-11)25-19(33)13(23)6-7-16(24)30/h2-5,10,13-15,18,28-29H,6-9,23H2,1H3,(H2,24,30)(H,25,33)(H,26,35)(H,27,34)(H,31,32)(H,36,37). The molecular weight excluding hydrogens is 494 g/mol. The van der Waals surface area contributed by atoms with E-state index in [1.807, 2.05) is 5.32 Å². The van der Waals surface area contributed by atoms with Crippen molar-refractivity contribution in [1.82, 2.24) is 16.0 Å². The molecule has 5 unspecified atom stereocenters. The molecule has 0 heterocycles. The number of aliphatic carboxylic acids is 2. The van der Waals surface area contributed by atoms with Crippen molar-refractivity contribution in [1.29, 1.82) is 0 Å². The zero-order valence-corrected chi connectivity index (χ0v) is 19.9. The highest BCUT2D eigenvalue weighted by atomic mass is 16.4. The molecular formula is C22H31N5O10. The van der Waals surface area contributed by atoms with Crippen molar-refractivity contribution in [3.8, 4) is 5.75 Å². The van der Waals surface area contributed by atoms with Crippen molar-refractivity contribution < 1.29 is 49.2 Å². The third-order valence-corrected chi connectivity index (χ3v) is 5.10. The molecule has 0 spiro atoms. The number of aromatic hydroxyl groups is 1. The number of hydrogen-bond donors (Lipinski definition) is 9. The van der Waals surface area contributed by atoms with Crippen LogP contribution in [0, 0.1) is 0 Å². The fourth-order valence-corrected chi connectivity index (χ4v) is 3.08. The number of carbonyl (C=O) groups excluding carboxylic acids is 4. The quantitative estimate of drug-likeness (QED) is 0.111. The number of aliphatic hydroxyl groups excluding tert-OH is 1. The lowest BCUT2D eigenvalue weighted by atomic mass is 10.0. The van der Waals surface area contributed by atoms with Crippen molar-refractivity contribution in [2.75, 3.05) is 0 Å². The van der Waals surface area contributed by atoms with Gasteiger partial charge in [0.15, 0.2) is 0 Å². The van der Waals surface area contributed by atoms with Gasteiger partial charge in [-0.15, -0.1) is 0 Å². The first-order valence-corrected chi connectivity index (χ1v) is 11.1. The maximum absolute atomic E-state index is 13.1. The number of carboxylic acids is 2. The van der Waals surface area contributed by atoms with Crippen LogP contribution >= 0.6 is 0 Å². The zero-order valence-electron chi connectivity index (χ0n) is 19.9. The highest BCUT2D eigenvalue weighted by molar-refractivity contribution is 5.95. The van der Waals surface area contributed by atoms with Crippen molar-refractivity contribution in [2.45, 2.75) is 62.9 Å². The van der Waals surface area contributed by atoms with Gasteiger partial charge in [-0.05, 0) is 31.0 Å². The van der Waals surface area contributed by atoms with Gasteiger partial charge in [-0.2, -0.15) is 0 Å². The minimum absolute atomic E-state index is 0.0533. The van der Waals surface area contributed by atoms with E-state index in [2.05, 4.69) is 10.6 Å². The van der Waals surface area contributed by atoms with Gasteiger partial charge in [-0.1, -0.05) is 12.1 Å². The molecule has 0 fully saturated rings. The second-order valence-corrected chi connectivity index (χ2v) is 8.27. The monoisotopic (exact) mass is 525 g/mol. The Morgan fingerprint density at radius 1 is 0.892 bits per heavy atom. The van der Waals surface area contributed by atoms with E-state index in [9.17, 15) is 39.0 Å². The number of nitrogens with two attached hydrogens (primary N) is 2. The molecule has 5 atom stereocenters. The van der Waals surface area contributed by atoms with Gasteiger partial charge >= 0.3 is 11.9 Å². The van der Waals surface area contributed by atoms with Crippen LogP contribution in [0.1, 0.15) is 31.7 Å². The third kappa shape index (κ3) is 10.9. The largest absolute Gasteiger partial charge is 0.508 e. The van der Waals surface area contributed by atoms with Gasteiger partial charge in [0.2, 0.25) is 23.6 Å². The molecule has 0 aromatic heterocycles. The van der Waals surface area contributed by atoms with Gasteiger partial charge in [0.1, 0.15) is 23.9 Å². The van der Waals surface area contributed by atoms with Crippen LogP contribution in [0.5, 0.6) is 5.75 Å². The van der Waals surface area contributed by atoms with Gasteiger partial charge < -0.3 is 47.8 Å². The molecule has 0 radical (unpaired) electrons. The maximum atomic E-state index is 13.1. The topological polar surface area (TPSA) is 271 Å². The Morgan fingerprint density at radius 2 is 1.46 bits per heavy atom. The predicted octanol–water partition coefficient (Wildman–Crippen LogP) is -3.08. The molecule has 204 valence electrons. The Bertz CT molecular complexity index is 998. The van der Waals surface area contributed by atoms with Crippen molar-refractivity contribution >= 4 is 35.6 Å². The van der Waals surface area contributed by atoms with Gasteiger partial charge in [-0.3, -0.25) is 24.0 Å². The number of benzene rings is 1. The summed E-state index contributed by atoms with van der Waals surface area (Å²) in [6.07, 6.45) is -2.94. The summed E-state index contributed by atoms with van der Waals surface area (Å²) in [5, 5.41) is 44.1. The van der Waals surface area contributed by atoms with Crippen LogP contribution < -0.4 is 27.4 Å². The summed E-state index contributed by atoms with van der Waals surface area (Å²) >= 11 is 0. The normalized spacial score (nSPS) is 14.8. The van der Waals surface area contributed by atoms with Gasteiger partial charge in [-0.25, -0.2) is 4.79 Å². The third-order valence-electron chi connectivity index (χ3n) is 5.10. The molecule has 11 N–H and O–H groups in total. The van der Waals surface area contributed by atoms with Gasteiger partial charge in [0, 0.05) is 12.8 Å². The molecule has 15 heteroatoms. The van der Waals surface area contributed by atoms with Crippen LogP contribution in [0.4, 0.5) is 0 Å². The van der Waals surface area contributed by atoms with E-state index in [0.717, 1.165) is 6.92 Å². The fraction of sp³-hybridized carbons (Fsp3) is 0.455. The van der Waals surface area contributed by atoms with Crippen molar-refractivity contribution in [3.05, 3.63) is 29.8 Å². The molecule has 1 rings (SSSR count). The van der Waals surface area contributed by atoms with E-state index in [1.165, 1.54) is 24.3 Å². The lowest BCUT2D eigenvalue weighted by molar-refractivity contribution is -0.148. The number of nitrogens with one attached hydrogen (secondary N) is 3. The summed E-state index contributed by atoms with van der Waals surface area (Å²) < 4.78 is 0. The van der Waals surface area contributed by atoms with Gasteiger partial charge in [0.05, 0.1) is 18.6 Å². The highest BCUT2D eigenvalue weighted by Gasteiger charge is 2.33. The van der Waals surface area contributed by atoms with Crippen LogP contribution in [0.25, 0.3) is 0 Å². The summed E-state index contributed by atoms with van der Waals surface area (Å²) in [6, 6.07) is -0.500. The summed E-state index contributed by atoms with van der Waals surface area (Å²) in [6.45, 7) is 1.13. The van der Waals surface area contributed by atoms with Gasteiger partial charge in [0.25, 0.3) is 0 Å². The smallest absolute Gasteiger partial charge is 0.326 e. The first-order chi connectivity index (χ1) is 17.2. The second kappa shape index (κ2) is 14.4. The minimum atomic E-state index is -1.83. The van der Waals surface area contributed by atoms with Crippen LogP contribution in [0.15, 0.2) is 24.3 Å². The van der Waals surface area contributed by atoms with Crippen molar-refractivity contribution in [2.24, 2.45) is 11.5 Å². The summed E-state index contributed by atoms with van der Waals surface area (Å²) in [5.41, 5.74) is 11.3. The number of hydrogen-bond acceptors (Lipinski definition) is 9.